The van der Waals surface area contributed by atoms with E-state index in [4.69, 9.17) is 5.11 Å². The summed E-state index contributed by atoms with van der Waals surface area (Å²) in [6.45, 7) is 0.900. The third-order valence-electron chi connectivity index (χ3n) is 3.45. The van der Waals surface area contributed by atoms with Crippen molar-refractivity contribution in [1.29, 1.82) is 0 Å². The zero-order valence-corrected chi connectivity index (χ0v) is 9.82. The Morgan fingerprint density at radius 3 is 2.71 bits per heavy atom. The molecular formula is C11H19N3O3. The number of aliphatic hydroxyl groups excluding tert-OH is 1. The molecule has 1 saturated carbocycles. The van der Waals surface area contributed by atoms with E-state index in [0.717, 1.165) is 19.3 Å². The summed E-state index contributed by atoms with van der Waals surface area (Å²) in [6.07, 6.45) is 3.18. The van der Waals surface area contributed by atoms with Crippen LogP contribution in [0.1, 0.15) is 19.3 Å². The second-order valence-corrected chi connectivity index (χ2v) is 4.58. The summed E-state index contributed by atoms with van der Waals surface area (Å²) in [7, 11) is 0. The van der Waals surface area contributed by atoms with Crippen molar-refractivity contribution in [2.75, 3.05) is 26.2 Å². The Morgan fingerprint density at radius 2 is 2.24 bits per heavy atom. The molecule has 3 N–H and O–H groups in total. The Bertz CT molecular complexity index is 294. The predicted octanol–water partition coefficient (Wildman–Crippen LogP) is -1.55. The molecule has 96 valence electrons. The smallest absolute Gasteiger partial charge is 0.241 e. The highest BCUT2D eigenvalue weighted by Crippen LogP contribution is 2.25. The minimum absolute atomic E-state index is 0.0104. The van der Waals surface area contributed by atoms with E-state index in [1.165, 1.54) is 0 Å². The first-order valence-electron chi connectivity index (χ1n) is 6.14. The number of nitrogens with zero attached hydrogens (tertiary/aromatic N) is 1. The molecule has 6 heteroatoms. The lowest BCUT2D eigenvalue weighted by atomic mass is 9.91. The number of aliphatic hydroxyl groups is 1. The first-order chi connectivity index (χ1) is 8.22. The number of amides is 2. The molecule has 0 bridgehead atoms. The number of hydrogen-bond donors (Lipinski definition) is 3. The van der Waals surface area contributed by atoms with Crippen molar-refractivity contribution < 1.29 is 14.7 Å². The molecule has 2 amide bonds. The Morgan fingerprint density at radius 1 is 1.47 bits per heavy atom. The normalized spacial score (nSPS) is 25.0. The summed E-state index contributed by atoms with van der Waals surface area (Å²) >= 11 is 0. The van der Waals surface area contributed by atoms with Crippen LogP contribution in [0.15, 0.2) is 0 Å². The second-order valence-electron chi connectivity index (χ2n) is 4.58. The van der Waals surface area contributed by atoms with E-state index in [-0.39, 0.29) is 37.0 Å². The maximum absolute atomic E-state index is 12.2. The van der Waals surface area contributed by atoms with Gasteiger partial charge in [-0.05, 0) is 19.3 Å². The van der Waals surface area contributed by atoms with Gasteiger partial charge in [-0.1, -0.05) is 0 Å². The van der Waals surface area contributed by atoms with Crippen LogP contribution in [0.2, 0.25) is 0 Å². The van der Waals surface area contributed by atoms with Crippen LogP contribution >= 0.6 is 0 Å². The van der Waals surface area contributed by atoms with Gasteiger partial charge in [0.1, 0.15) is 6.04 Å². The lowest BCUT2D eigenvalue weighted by Gasteiger charge is -2.39. The van der Waals surface area contributed by atoms with E-state index in [9.17, 15) is 9.59 Å². The second kappa shape index (κ2) is 5.46. The number of nitrogens with one attached hydrogen (secondary N) is 2. The molecule has 0 radical (unpaired) electrons. The van der Waals surface area contributed by atoms with E-state index in [1.54, 1.807) is 4.90 Å². The van der Waals surface area contributed by atoms with Crippen LogP contribution in [0.25, 0.3) is 0 Å². The van der Waals surface area contributed by atoms with Crippen LogP contribution in [-0.4, -0.2) is 60.1 Å². The van der Waals surface area contributed by atoms with Crippen molar-refractivity contribution >= 4 is 11.8 Å². The summed E-state index contributed by atoms with van der Waals surface area (Å²) < 4.78 is 0. The molecule has 1 aliphatic heterocycles. The zero-order valence-electron chi connectivity index (χ0n) is 9.82. The van der Waals surface area contributed by atoms with Crippen LogP contribution in [0, 0.1) is 0 Å². The maximum Gasteiger partial charge on any atom is 0.241 e. The number of piperazine rings is 1. The predicted molar refractivity (Wildman–Crippen MR) is 61.2 cm³/mol. The van der Waals surface area contributed by atoms with Crippen LogP contribution in [0.5, 0.6) is 0 Å². The maximum atomic E-state index is 12.2. The third-order valence-corrected chi connectivity index (χ3v) is 3.45. The number of carbonyl (C=O) groups excluding carboxylic acids is 2. The van der Waals surface area contributed by atoms with Crippen molar-refractivity contribution in [3.8, 4) is 0 Å². The van der Waals surface area contributed by atoms with Gasteiger partial charge in [-0.2, -0.15) is 0 Å². The summed E-state index contributed by atoms with van der Waals surface area (Å²) in [5.41, 5.74) is 0. The molecule has 0 aromatic rings. The molecule has 1 saturated heterocycles. The van der Waals surface area contributed by atoms with Crippen molar-refractivity contribution in [3.63, 3.8) is 0 Å². The fourth-order valence-corrected chi connectivity index (χ4v) is 2.22. The average molecular weight is 241 g/mol. The lowest BCUT2D eigenvalue weighted by Crippen LogP contribution is -2.61. The Hall–Kier alpha value is -1.14. The SMILES string of the molecule is O=C1CNC(C(=O)N(CCO)C2CCC2)CN1. The highest BCUT2D eigenvalue weighted by atomic mass is 16.3. The van der Waals surface area contributed by atoms with Gasteiger partial charge in [0.25, 0.3) is 0 Å². The van der Waals surface area contributed by atoms with Crippen molar-refractivity contribution in [2.45, 2.75) is 31.3 Å². The molecule has 1 atom stereocenters. The van der Waals surface area contributed by atoms with Crippen LogP contribution in [-0.2, 0) is 9.59 Å². The molecule has 1 unspecified atom stereocenters. The summed E-state index contributed by atoms with van der Waals surface area (Å²) in [6, 6.07) is -0.0751. The van der Waals surface area contributed by atoms with E-state index >= 15 is 0 Å². The standard InChI is InChI=1S/C11H19N3O3/c15-5-4-14(8-2-1-3-8)11(17)9-6-13-10(16)7-12-9/h8-9,12,15H,1-7H2,(H,13,16). The topological polar surface area (TPSA) is 81.7 Å². The molecular weight excluding hydrogens is 222 g/mol. The van der Waals surface area contributed by atoms with Crippen LogP contribution in [0.3, 0.4) is 0 Å². The molecule has 0 aromatic carbocycles. The van der Waals surface area contributed by atoms with E-state index in [0.29, 0.717) is 13.1 Å². The summed E-state index contributed by atoms with van der Waals surface area (Å²) in [5.74, 6) is -0.0878. The highest BCUT2D eigenvalue weighted by Gasteiger charge is 2.33. The summed E-state index contributed by atoms with van der Waals surface area (Å²) in [5, 5.41) is 14.6. The molecule has 2 rings (SSSR count). The van der Waals surface area contributed by atoms with E-state index in [1.807, 2.05) is 0 Å². The van der Waals surface area contributed by atoms with E-state index in [2.05, 4.69) is 10.6 Å². The molecule has 2 fully saturated rings. The minimum atomic E-state index is -0.347. The number of hydrogen-bond acceptors (Lipinski definition) is 4. The Balaban J connectivity index is 1.92. The monoisotopic (exact) mass is 241 g/mol. The van der Waals surface area contributed by atoms with Crippen molar-refractivity contribution in [2.24, 2.45) is 0 Å². The number of rotatable bonds is 4. The highest BCUT2D eigenvalue weighted by molar-refractivity contribution is 5.87. The molecule has 17 heavy (non-hydrogen) atoms. The van der Waals surface area contributed by atoms with Gasteiger partial charge in [0.15, 0.2) is 0 Å². The van der Waals surface area contributed by atoms with Crippen LogP contribution in [0.4, 0.5) is 0 Å². The Labute approximate surface area is 100 Å². The van der Waals surface area contributed by atoms with Crippen LogP contribution < -0.4 is 10.6 Å². The molecule has 2 aliphatic rings. The van der Waals surface area contributed by atoms with Gasteiger partial charge >= 0.3 is 0 Å². The fraction of sp³-hybridized carbons (Fsp3) is 0.818. The van der Waals surface area contributed by atoms with Gasteiger partial charge in [-0.25, -0.2) is 0 Å². The zero-order chi connectivity index (χ0) is 12.3. The molecule has 0 spiro atoms. The van der Waals surface area contributed by atoms with Gasteiger partial charge < -0.3 is 15.3 Å². The average Bonchev–Trinajstić information content (AvgIpc) is 2.26. The lowest BCUT2D eigenvalue weighted by molar-refractivity contribution is -0.139. The number of carbonyl (C=O) groups is 2. The first-order valence-corrected chi connectivity index (χ1v) is 6.14. The fourth-order valence-electron chi connectivity index (χ4n) is 2.22. The first kappa shape index (κ1) is 12.3. The molecule has 0 aromatic heterocycles. The largest absolute Gasteiger partial charge is 0.395 e. The van der Waals surface area contributed by atoms with Gasteiger partial charge in [-0.3, -0.25) is 14.9 Å². The summed E-state index contributed by atoms with van der Waals surface area (Å²) in [4.78, 5) is 25.0. The van der Waals surface area contributed by atoms with Crippen molar-refractivity contribution in [1.82, 2.24) is 15.5 Å². The van der Waals surface area contributed by atoms with Gasteiger partial charge in [0.05, 0.1) is 13.2 Å². The third kappa shape index (κ3) is 2.76. The van der Waals surface area contributed by atoms with Gasteiger partial charge in [0, 0.05) is 19.1 Å². The van der Waals surface area contributed by atoms with Crippen molar-refractivity contribution in [3.05, 3.63) is 0 Å². The Kier molecular flexibility index (Phi) is 3.96. The minimum Gasteiger partial charge on any atom is -0.395 e. The molecule has 6 nitrogen and oxygen atoms in total. The molecule has 1 heterocycles. The quantitative estimate of drug-likeness (QED) is 0.556. The van der Waals surface area contributed by atoms with Gasteiger partial charge in [0.2, 0.25) is 11.8 Å². The molecule has 1 aliphatic carbocycles. The van der Waals surface area contributed by atoms with E-state index < -0.39 is 0 Å². The van der Waals surface area contributed by atoms with Gasteiger partial charge in [-0.15, -0.1) is 0 Å².